The van der Waals surface area contributed by atoms with E-state index in [0.29, 0.717) is 11.3 Å². The van der Waals surface area contributed by atoms with E-state index in [9.17, 15) is 4.79 Å². The summed E-state index contributed by atoms with van der Waals surface area (Å²) in [6.45, 7) is 18.3. The maximum absolute atomic E-state index is 12.4. The molecule has 1 aliphatic heterocycles. The molecule has 0 aliphatic carbocycles. The van der Waals surface area contributed by atoms with Crippen molar-refractivity contribution in [2.75, 3.05) is 0 Å². The van der Waals surface area contributed by atoms with E-state index in [4.69, 9.17) is 13.9 Å². The first-order valence-corrected chi connectivity index (χ1v) is 11.8. The summed E-state index contributed by atoms with van der Waals surface area (Å²) in [5, 5.41) is 0.108. The smallest absolute Gasteiger partial charge is 0.345 e. The predicted molar refractivity (Wildman–Crippen MR) is 108 cm³/mol. The molecule has 0 N–H and O–H groups in total. The minimum absolute atomic E-state index is 0.108. The quantitative estimate of drug-likeness (QED) is 0.384. The number of hydrogen-bond acceptors (Lipinski definition) is 4. The minimum Gasteiger partial charge on any atom is -0.452 e. The molecular formula is C21H30O4Si. The zero-order valence-corrected chi connectivity index (χ0v) is 17.9. The maximum Gasteiger partial charge on any atom is 0.345 e. The molecule has 1 atom stereocenters. The van der Waals surface area contributed by atoms with Crippen LogP contribution in [0, 0.1) is 0 Å². The average molecular weight is 375 g/mol. The highest BCUT2D eigenvalue weighted by molar-refractivity contribution is 6.74. The lowest BCUT2D eigenvalue weighted by Gasteiger charge is -2.38. The number of hydrogen-bond donors (Lipinski definition) is 0. The first-order chi connectivity index (χ1) is 11.9. The third kappa shape index (κ3) is 4.46. The third-order valence-corrected chi connectivity index (χ3v) is 9.37. The van der Waals surface area contributed by atoms with Crippen LogP contribution in [-0.2, 0) is 9.16 Å². The van der Waals surface area contributed by atoms with E-state index in [0.717, 1.165) is 5.56 Å². The molecule has 142 valence electrons. The number of esters is 1. The second-order valence-corrected chi connectivity index (χ2v) is 13.3. The Balaban J connectivity index is 2.28. The molecule has 1 heterocycles. The summed E-state index contributed by atoms with van der Waals surface area (Å²) in [6.07, 6.45) is 5.37. The van der Waals surface area contributed by atoms with Gasteiger partial charge in [0, 0.05) is 13.8 Å². The van der Waals surface area contributed by atoms with Crippen LogP contribution in [0.4, 0.5) is 0 Å². The van der Waals surface area contributed by atoms with Crippen molar-refractivity contribution in [3.8, 4) is 5.75 Å². The van der Waals surface area contributed by atoms with Crippen LogP contribution in [0.2, 0.25) is 18.1 Å². The van der Waals surface area contributed by atoms with Gasteiger partial charge in [0.05, 0.1) is 6.10 Å². The molecule has 5 heteroatoms. The number of fused-ring (bicyclic) bond motifs is 1. The van der Waals surface area contributed by atoms with Crippen LogP contribution in [0.3, 0.4) is 0 Å². The van der Waals surface area contributed by atoms with Crippen molar-refractivity contribution < 1.29 is 18.7 Å². The molecule has 4 nitrogen and oxygen atoms in total. The topological polar surface area (TPSA) is 44.8 Å². The maximum atomic E-state index is 12.4. The first kappa shape index (κ1) is 20.5. The highest BCUT2D eigenvalue weighted by Gasteiger charge is 2.38. The fraction of sp³-hybridized carbons (Fsp3) is 0.476. The van der Waals surface area contributed by atoms with Crippen LogP contribution in [0.1, 0.15) is 50.5 Å². The van der Waals surface area contributed by atoms with Gasteiger partial charge in [-0.1, -0.05) is 51.1 Å². The Bertz CT molecular complexity index is 726. The monoisotopic (exact) mass is 374 g/mol. The molecule has 0 radical (unpaired) electrons. The lowest BCUT2D eigenvalue weighted by atomic mass is 10.0. The van der Waals surface area contributed by atoms with Gasteiger partial charge in [-0.05, 0) is 29.8 Å². The molecule has 0 saturated carbocycles. The van der Waals surface area contributed by atoms with Gasteiger partial charge >= 0.3 is 5.97 Å². The van der Waals surface area contributed by atoms with Gasteiger partial charge in [-0.3, -0.25) is 0 Å². The molecule has 2 rings (SSSR count). The summed E-state index contributed by atoms with van der Waals surface area (Å²) in [7, 11) is -1.93. The van der Waals surface area contributed by atoms with Crippen LogP contribution in [0.25, 0.3) is 6.08 Å². The molecule has 0 amide bonds. The van der Waals surface area contributed by atoms with E-state index in [-0.39, 0.29) is 17.1 Å². The van der Waals surface area contributed by atoms with Gasteiger partial charge < -0.3 is 13.9 Å². The summed E-state index contributed by atoms with van der Waals surface area (Å²) in [5.41, 5.74) is 1.19. The molecule has 0 unspecified atom stereocenters. The van der Waals surface area contributed by atoms with Crippen molar-refractivity contribution in [2.45, 2.75) is 64.6 Å². The van der Waals surface area contributed by atoms with E-state index >= 15 is 0 Å². The standard InChI is InChI=1S/C21H30O4Si/c1-9-16(25-26(7,8)20(2,3)4)14-13-15-11-10-12-17-18(15)19(22)24-21(5,6)23-17/h9-14,16H,1H2,2-8H3/b14-13+/t16-/m1/s1. The van der Waals surface area contributed by atoms with Crippen molar-refractivity contribution in [3.05, 3.63) is 48.1 Å². The Kier molecular flexibility index (Phi) is 5.54. The number of cyclic esters (lactones) is 1. The van der Waals surface area contributed by atoms with Gasteiger partial charge in [0.15, 0.2) is 8.32 Å². The van der Waals surface area contributed by atoms with Crippen LogP contribution in [-0.4, -0.2) is 26.2 Å². The van der Waals surface area contributed by atoms with Crippen molar-refractivity contribution in [2.24, 2.45) is 0 Å². The van der Waals surface area contributed by atoms with Gasteiger partial charge in [-0.15, -0.1) is 6.58 Å². The van der Waals surface area contributed by atoms with Gasteiger partial charge in [-0.2, -0.15) is 0 Å². The summed E-state index contributed by atoms with van der Waals surface area (Å²) < 4.78 is 17.5. The van der Waals surface area contributed by atoms with Crippen molar-refractivity contribution in [1.29, 1.82) is 0 Å². The molecule has 0 bridgehead atoms. The van der Waals surface area contributed by atoms with Gasteiger partial charge in [-0.25, -0.2) is 4.79 Å². The zero-order valence-electron chi connectivity index (χ0n) is 16.9. The fourth-order valence-electron chi connectivity index (χ4n) is 2.43. The molecule has 1 aliphatic rings. The summed E-state index contributed by atoms with van der Waals surface area (Å²) in [5.74, 6) is -0.799. The number of carbonyl (C=O) groups is 1. The Hall–Kier alpha value is -1.85. The summed E-state index contributed by atoms with van der Waals surface area (Å²) in [6, 6.07) is 5.52. The van der Waals surface area contributed by atoms with Gasteiger partial charge in [0.1, 0.15) is 11.3 Å². The number of rotatable bonds is 5. The highest BCUT2D eigenvalue weighted by Crippen LogP contribution is 2.38. The third-order valence-electron chi connectivity index (χ3n) is 4.89. The van der Waals surface area contributed by atoms with Gasteiger partial charge in [0.25, 0.3) is 0 Å². The molecule has 1 aromatic carbocycles. The van der Waals surface area contributed by atoms with E-state index in [1.54, 1.807) is 26.0 Å². The number of ether oxygens (including phenoxy) is 2. The van der Waals surface area contributed by atoms with Crippen LogP contribution in [0.5, 0.6) is 5.75 Å². The lowest BCUT2D eigenvalue weighted by Crippen LogP contribution is -2.43. The molecule has 0 spiro atoms. The number of benzene rings is 1. The van der Waals surface area contributed by atoms with Crippen molar-refractivity contribution in [3.63, 3.8) is 0 Å². The summed E-state index contributed by atoms with van der Waals surface area (Å²) >= 11 is 0. The molecule has 26 heavy (non-hydrogen) atoms. The van der Waals surface area contributed by atoms with E-state index < -0.39 is 14.1 Å². The average Bonchev–Trinajstić information content (AvgIpc) is 2.48. The largest absolute Gasteiger partial charge is 0.452 e. The Morgan fingerprint density at radius 2 is 1.88 bits per heavy atom. The lowest BCUT2D eigenvalue weighted by molar-refractivity contribution is -0.127. The SMILES string of the molecule is C=C[C@H](/C=C/c1cccc2c1C(=O)OC(C)(C)O2)O[Si](C)(C)C(C)(C)C. The molecule has 0 fully saturated rings. The minimum atomic E-state index is -1.93. The van der Waals surface area contributed by atoms with E-state index in [2.05, 4.69) is 40.4 Å². The Labute approximate surface area is 158 Å². The summed E-state index contributed by atoms with van der Waals surface area (Å²) in [4.78, 5) is 12.4. The molecule has 0 saturated heterocycles. The molecule has 1 aromatic rings. The molecule has 0 aromatic heterocycles. The van der Waals surface area contributed by atoms with Crippen molar-refractivity contribution >= 4 is 20.4 Å². The normalized spacial score (nSPS) is 18.0. The fourth-order valence-corrected chi connectivity index (χ4v) is 3.64. The number of carbonyl (C=O) groups excluding carboxylic acids is 1. The Morgan fingerprint density at radius 1 is 1.23 bits per heavy atom. The first-order valence-electron chi connectivity index (χ1n) is 8.90. The zero-order chi connectivity index (χ0) is 19.8. The van der Waals surface area contributed by atoms with Crippen LogP contribution < -0.4 is 4.74 Å². The predicted octanol–water partition coefficient (Wildman–Crippen LogP) is 5.56. The van der Waals surface area contributed by atoms with Crippen molar-refractivity contribution in [1.82, 2.24) is 0 Å². The van der Waals surface area contributed by atoms with E-state index in [1.165, 1.54) is 0 Å². The van der Waals surface area contributed by atoms with Crippen LogP contribution >= 0.6 is 0 Å². The van der Waals surface area contributed by atoms with E-state index in [1.807, 2.05) is 24.3 Å². The second-order valence-electron chi connectivity index (χ2n) is 8.55. The highest BCUT2D eigenvalue weighted by atomic mass is 28.4. The molecular weight excluding hydrogens is 344 g/mol. The second kappa shape index (κ2) is 7.04. The van der Waals surface area contributed by atoms with Crippen LogP contribution in [0.15, 0.2) is 36.9 Å². The van der Waals surface area contributed by atoms with Gasteiger partial charge in [0.2, 0.25) is 5.79 Å². The Morgan fingerprint density at radius 3 is 2.46 bits per heavy atom.